The quantitative estimate of drug-likeness (QED) is 0.499. The van der Waals surface area contributed by atoms with E-state index in [0.29, 0.717) is 37.8 Å². The van der Waals surface area contributed by atoms with E-state index in [-0.39, 0.29) is 12.2 Å². The lowest BCUT2D eigenvalue weighted by Crippen LogP contribution is -2.24. The minimum Gasteiger partial charge on any atom is -0.449 e. The second-order valence-corrected chi connectivity index (χ2v) is 5.68. The van der Waals surface area contributed by atoms with Crippen molar-refractivity contribution in [2.24, 2.45) is 0 Å². The van der Waals surface area contributed by atoms with Crippen LogP contribution < -0.4 is 10.6 Å². The summed E-state index contributed by atoms with van der Waals surface area (Å²) >= 11 is 0. The van der Waals surface area contributed by atoms with Crippen LogP contribution in [0.25, 0.3) is 0 Å². The zero-order valence-electron chi connectivity index (χ0n) is 10.7. The van der Waals surface area contributed by atoms with E-state index < -0.39 is 0 Å². The number of ether oxygens (including phenoxy) is 2. The van der Waals surface area contributed by atoms with Gasteiger partial charge in [0, 0.05) is 24.6 Å². The van der Waals surface area contributed by atoms with E-state index >= 15 is 0 Å². The Morgan fingerprint density at radius 2 is 1.28 bits per heavy atom. The number of alkyl carbamates (subject to hydrolysis) is 2. The lowest BCUT2D eigenvalue weighted by molar-refractivity contribution is 0.153. The molecule has 2 amide bonds. The van der Waals surface area contributed by atoms with Crippen molar-refractivity contribution in [2.45, 2.75) is 13.8 Å². The van der Waals surface area contributed by atoms with Crippen LogP contribution in [0.4, 0.5) is 9.59 Å². The van der Waals surface area contributed by atoms with Gasteiger partial charge >= 0.3 is 12.2 Å². The van der Waals surface area contributed by atoms with Gasteiger partial charge in [0.05, 0.1) is 0 Å². The number of carbonyl (C=O) groups is 2. The first-order chi connectivity index (χ1) is 8.70. The fourth-order valence-corrected chi connectivity index (χ4v) is 2.50. The van der Waals surface area contributed by atoms with Crippen LogP contribution in [0.1, 0.15) is 13.8 Å². The number of rotatable bonds is 9. The van der Waals surface area contributed by atoms with Gasteiger partial charge in [0.15, 0.2) is 0 Å². The third-order valence-electron chi connectivity index (χ3n) is 1.53. The number of amides is 2. The maximum Gasteiger partial charge on any atom is 0.407 e. The summed E-state index contributed by atoms with van der Waals surface area (Å²) in [6.45, 7) is 5.55. The highest BCUT2D eigenvalue weighted by molar-refractivity contribution is 8.76. The summed E-state index contributed by atoms with van der Waals surface area (Å²) in [4.78, 5) is 21.8. The Kier molecular flexibility index (Phi) is 12.2. The molecule has 0 aliphatic carbocycles. The van der Waals surface area contributed by atoms with Crippen LogP contribution in [0.5, 0.6) is 0 Å². The largest absolute Gasteiger partial charge is 0.449 e. The van der Waals surface area contributed by atoms with Gasteiger partial charge in [-0.15, -0.1) is 0 Å². The zero-order valence-corrected chi connectivity index (χ0v) is 12.3. The molecule has 0 aliphatic rings. The first-order valence-corrected chi connectivity index (χ1v) is 8.25. The van der Waals surface area contributed by atoms with Gasteiger partial charge in [-0.25, -0.2) is 9.59 Å². The monoisotopic (exact) mass is 296 g/mol. The van der Waals surface area contributed by atoms with Crippen molar-refractivity contribution in [3.05, 3.63) is 0 Å². The zero-order chi connectivity index (χ0) is 13.6. The van der Waals surface area contributed by atoms with Gasteiger partial charge in [-0.2, -0.15) is 0 Å². The molecule has 2 N–H and O–H groups in total. The number of nitrogens with one attached hydrogen (secondary N) is 2. The predicted octanol–water partition coefficient (Wildman–Crippen LogP) is 1.86. The molecule has 0 saturated carbocycles. The third kappa shape index (κ3) is 11.7. The van der Waals surface area contributed by atoms with Gasteiger partial charge < -0.3 is 20.1 Å². The molecule has 18 heavy (non-hydrogen) atoms. The standard InChI is InChI=1S/C10H20N2O4S2/c1-3-11-9(13)15-5-7-17-18-8-6-16-10(14)12-4-2/h3-8H2,1-2H3,(H,11,13)(H,12,14). The highest BCUT2D eigenvalue weighted by Gasteiger charge is 2.00. The van der Waals surface area contributed by atoms with Crippen LogP contribution in [0.3, 0.4) is 0 Å². The topological polar surface area (TPSA) is 76.7 Å². The van der Waals surface area contributed by atoms with Crippen LogP contribution in [0, 0.1) is 0 Å². The minimum absolute atomic E-state index is 0.376. The summed E-state index contributed by atoms with van der Waals surface area (Å²) in [6, 6.07) is 0. The van der Waals surface area contributed by atoms with Gasteiger partial charge in [-0.05, 0) is 13.8 Å². The number of hydrogen-bond donors (Lipinski definition) is 2. The Hall–Kier alpha value is -0.760. The van der Waals surface area contributed by atoms with Gasteiger partial charge in [0.25, 0.3) is 0 Å². The van der Waals surface area contributed by atoms with E-state index in [4.69, 9.17) is 9.47 Å². The molecule has 0 heterocycles. The van der Waals surface area contributed by atoms with Gasteiger partial charge in [0.1, 0.15) is 13.2 Å². The van der Waals surface area contributed by atoms with E-state index in [1.54, 1.807) is 21.6 Å². The molecule has 0 spiro atoms. The van der Waals surface area contributed by atoms with Crippen molar-refractivity contribution < 1.29 is 19.1 Å². The number of carbonyl (C=O) groups excluding carboxylic acids is 2. The molecule has 0 aliphatic heterocycles. The van der Waals surface area contributed by atoms with Crippen molar-refractivity contribution in [3.8, 4) is 0 Å². The van der Waals surface area contributed by atoms with E-state index in [1.807, 2.05) is 13.8 Å². The molecule has 0 unspecified atom stereocenters. The van der Waals surface area contributed by atoms with E-state index in [9.17, 15) is 9.59 Å². The second kappa shape index (κ2) is 12.7. The average molecular weight is 296 g/mol. The molecule has 0 aromatic carbocycles. The Balaban J connectivity index is 3.16. The van der Waals surface area contributed by atoms with Crippen molar-refractivity contribution in [3.63, 3.8) is 0 Å². The molecule has 0 atom stereocenters. The SMILES string of the molecule is CCNC(=O)OCCSSCCOC(=O)NCC. The molecule has 0 saturated heterocycles. The van der Waals surface area contributed by atoms with Crippen molar-refractivity contribution >= 4 is 33.8 Å². The van der Waals surface area contributed by atoms with Crippen LogP contribution in [-0.4, -0.2) is 50.0 Å². The Morgan fingerprint density at radius 1 is 0.889 bits per heavy atom. The fourth-order valence-electron chi connectivity index (χ4n) is 0.845. The third-order valence-corrected chi connectivity index (χ3v) is 3.86. The molecule has 0 fully saturated rings. The molecule has 0 bridgehead atoms. The van der Waals surface area contributed by atoms with E-state index in [0.717, 1.165) is 0 Å². The molecule has 0 radical (unpaired) electrons. The summed E-state index contributed by atoms with van der Waals surface area (Å²) in [6.07, 6.45) is -0.773. The molecule has 6 nitrogen and oxygen atoms in total. The van der Waals surface area contributed by atoms with Gasteiger partial charge in [-0.1, -0.05) is 21.6 Å². The Morgan fingerprint density at radius 3 is 1.61 bits per heavy atom. The maximum atomic E-state index is 10.9. The summed E-state index contributed by atoms with van der Waals surface area (Å²) < 4.78 is 9.76. The van der Waals surface area contributed by atoms with E-state index in [2.05, 4.69) is 10.6 Å². The molecule has 106 valence electrons. The minimum atomic E-state index is -0.386. The lowest BCUT2D eigenvalue weighted by Gasteiger charge is -2.05. The van der Waals surface area contributed by atoms with Crippen LogP contribution in [-0.2, 0) is 9.47 Å². The highest BCUT2D eigenvalue weighted by atomic mass is 33.1. The molecular formula is C10H20N2O4S2. The summed E-state index contributed by atoms with van der Waals surface area (Å²) in [5, 5.41) is 5.08. The molecule has 0 rings (SSSR count). The highest BCUT2D eigenvalue weighted by Crippen LogP contribution is 2.20. The van der Waals surface area contributed by atoms with Gasteiger partial charge in [0.2, 0.25) is 0 Å². The second-order valence-electron chi connectivity index (χ2n) is 2.98. The normalized spacial score (nSPS) is 9.67. The first kappa shape index (κ1) is 17.2. The molecule has 0 aromatic heterocycles. The van der Waals surface area contributed by atoms with Crippen molar-refractivity contribution in [1.29, 1.82) is 0 Å². The van der Waals surface area contributed by atoms with Crippen molar-refractivity contribution in [1.82, 2.24) is 10.6 Å². The number of hydrogen-bond acceptors (Lipinski definition) is 6. The smallest absolute Gasteiger partial charge is 0.407 e. The fraction of sp³-hybridized carbons (Fsp3) is 0.800. The Labute approximate surface area is 115 Å². The van der Waals surface area contributed by atoms with Crippen LogP contribution >= 0.6 is 21.6 Å². The summed E-state index contributed by atoms with van der Waals surface area (Å²) in [7, 11) is 3.16. The van der Waals surface area contributed by atoms with Crippen LogP contribution in [0.2, 0.25) is 0 Å². The first-order valence-electron chi connectivity index (χ1n) is 5.76. The predicted molar refractivity (Wildman–Crippen MR) is 75.0 cm³/mol. The summed E-state index contributed by atoms with van der Waals surface area (Å²) in [5.74, 6) is 1.42. The van der Waals surface area contributed by atoms with Gasteiger partial charge in [-0.3, -0.25) is 0 Å². The van der Waals surface area contributed by atoms with Crippen LogP contribution in [0.15, 0.2) is 0 Å². The van der Waals surface area contributed by atoms with Crippen molar-refractivity contribution in [2.75, 3.05) is 37.8 Å². The maximum absolute atomic E-state index is 10.9. The Bertz CT molecular complexity index is 218. The average Bonchev–Trinajstić information content (AvgIpc) is 2.33. The lowest BCUT2D eigenvalue weighted by atomic mass is 10.7. The molecule has 8 heteroatoms. The van der Waals surface area contributed by atoms with E-state index in [1.165, 1.54) is 0 Å². The molecular weight excluding hydrogens is 276 g/mol. The summed E-state index contributed by atoms with van der Waals surface area (Å²) in [5.41, 5.74) is 0. The molecule has 0 aromatic rings.